The predicted octanol–water partition coefficient (Wildman–Crippen LogP) is 2.58. The lowest BCUT2D eigenvalue weighted by Crippen LogP contribution is -2.47. The fourth-order valence-electron chi connectivity index (χ4n) is 3.10. The molecule has 0 aliphatic carbocycles. The fraction of sp³-hybridized carbons (Fsp3) is 0.350. The van der Waals surface area contributed by atoms with Crippen LogP contribution in [-0.2, 0) is 21.2 Å². The van der Waals surface area contributed by atoms with Crippen LogP contribution in [0.25, 0.3) is 0 Å². The molecule has 0 aromatic heterocycles. The maximum absolute atomic E-state index is 13.0. The lowest BCUT2D eigenvalue weighted by molar-refractivity contribution is -0.115. The number of halogens is 1. The van der Waals surface area contributed by atoms with E-state index in [1.807, 2.05) is 31.3 Å². The summed E-state index contributed by atoms with van der Waals surface area (Å²) in [6.45, 7) is 2.25. The van der Waals surface area contributed by atoms with E-state index in [0.717, 1.165) is 10.0 Å². The molecule has 2 aromatic carbocycles. The first-order valence-corrected chi connectivity index (χ1v) is 11.4. The molecule has 1 fully saturated rings. The molecular weight excluding hydrogens is 458 g/mol. The molecule has 0 radical (unpaired) electrons. The van der Waals surface area contributed by atoms with Crippen LogP contribution in [0.5, 0.6) is 5.75 Å². The monoisotopic (exact) mass is 481 g/mol. The van der Waals surface area contributed by atoms with Gasteiger partial charge in [0.25, 0.3) is 0 Å². The minimum absolute atomic E-state index is 0.141. The standard InChI is InChI=1S/C20H24BrN3O4S/c1-23-9-11-24(12-10-23)29(26,27)17-7-8-19(28-2)18(14-17)22-20(25)13-15-3-5-16(21)6-4-15/h3-8,14H,9-13H2,1-2H3,(H,22,25). The molecule has 7 nitrogen and oxygen atoms in total. The lowest BCUT2D eigenvalue weighted by Gasteiger charge is -2.31. The first-order chi connectivity index (χ1) is 13.8. The molecule has 0 saturated carbocycles. The number of likely N-dealkylation sites (N-methyl/N-ethyl adjacent to an activating group) is 1. The Morgan fingerprint density at radius 1 is 1.10 bits per heavy atom. The first-order valence-electron chi connectivity index (χ1n) is 9.20. The van der Waals surface area contributed by atoms with Gasteiger partial charge in [-0.1, -0.05) is 28.1 Å². The Hall–Kier alpha value is -1.94. The summed E-state index contributed by atoms with van der Waals surface area (Å²) in [4.78, 5) is 14.7. The van der Waals surface area contributed by atoms with Crippen molar-refractivity contribution in [1.29, 1.82) is 0 Å². The molecule has 156 valence electrons. The number of benzene rings is 2. The van der Waals surface area contributed by atoms with Crippen LogP contribution in [0.3, 0.4) is 0 Å². The number of anilines is 1. The molecule has 1 amide bonds. The summed E-state index contributed by atoms with van der Waals surface area (Å²) in [7, 11) is -0.189. The van der Waals surface area contributed by atoms with Gasteiger partial charge in [-0.3, -0.25) is 4.79 Å². The second-order valence-corrected chi connectivity index (χ2v) is 9.77. The molecule has 1 heterocycles. The Balaban J connectivity index is 1.79. The summed E-state index contributed by atoms with van der Waals surface area (Å²) in [5.74, 6) is 0.159. The first kappa shape index (κ1) is 21.8. The van der Waals surface area contributed by atoms with Crippen molar-refractivity contribution in [1.82, 2.24) is 9.21 Å². The minimum Gasteiger partial charge on any atom is -0.495 e. The van der Waals surface area contributed by atoms with Gasteiger partial charge in [-0.25, -0.2) is 8.42 Å². The Morgan fingerprint density at radius 2 is 1.76 bits per heavy atom. The maximum Gasteiger partial charge on any atom is 0.243 e. The van der Waals surface area contributed by atoms with Crippen LogP contribution in [-0.4, -0.2) is 63.9 Å². The topological polar surface area (TPSA) is 79.0 Å². The SMILES string of the molecule is COc1ccc(S(=O)(=O)N2CCN(C)CC2)cc1NC(=O)Cc1ccc(Br)cc1. The number of carbonyl (C=O) groups is 1. The van der Waals surface area contributed by atoms with Gasteiger partial charge in [0, 0.05) is 30.7 Å². The Morgan fingerprint density at radius 3 is 2.38 bits per heavy atom. The molecule has 1 saturated heterocycles. The van der Waals surface area contributed by atoms with E-state index in [4.69, 9.17) is 4.74 Å². The lowest BCUT2D eigenvalue weighted by atomic mass is 10.1. The highest BCUT2D eigenvalue weighted by atomic mass is 79.9. The van der Waals surface area contributed by atoms with Gasteiger partial charge in [-0.15, -0.1) is 0 Å². The van der Waals surface area contributed by atoms with E-state index in [1.54, 1.807) is 6.07 Å². The highest BCUT2D eigenvalue weighted by molar-refractivity contribution is 9.10. The Labute approximate surface area is 179 Å². The summed E-state index contributed by atoms with van der Waals surface area (Å²) < 4.78 is 33.7. The second-order valence-electron chi connectivity index (χ2n) is 6.92. The zero-order chi connectivity index (χ0) is 21.0. The van der Waals surface area contributed by atoms with E-state index in [0.29, 0.717) is 37.6 Å². The van der Waals surface area contributed by atoms with Crippen molar-refractivity contribution in [2.75, 3.05) is 45.7 Å². The molecule has 9 heteroatoms. The predicted molar refractivity (Wildman–Crippen MR) is 116 cm³/mol. The number of rotatable bonds is 6. The van der Waals surface area contributed by atoms with Crippen molar-refractivity contribution in [3.63, 3.8) is 0 Å². The molecule has 0 unspecified atom stereocenters. The van der Waals surface area contributed by atoms with Crippen LogP contribution in [0, 0.1) is 0 Å². The summed E-state index contributed by atoms with van der Waals surface area (Å²) in [5, 5.41) is 2.78. The number of hydrogen-bond donors (Lipinski definition) is 1. The number of nitrogens with zero attached hydrogens (tertiary/aromatic N) is 2. The van der Waals surface area contributed by atoms with Crippen molar-refractivity contribution in [3.05, 3.63) is 52.5 Å². The van der Waals surface area contributed by atoms with E-state index in [9.17, 15) is 13.2 Å². The average molecular weight is 482 g/mol. The van der Waals surface area contributed by atoms with Gasteiger partial charge in [0.15, 0.2) is 0 Å². The van der Waals surface area contributed by atoms with E-state index in [-0.39, 0.29) is 17.2 Å². The molecule has 3 rings (SSSR count). The summed E-state index contributed by atoms with van der Waals surface area (Å²) in [5.41, 5.74) is 1.19. The third-order valence-corrected chi connectivity index (χ3v) is 7.25. The van der Waals surface area contributed by atoms with Crippen LogP contribution in [0.4, 0.5) is 5.69 Å². The van der Waals surface area contributed by atoms with Gasteiger partial charge in [-0.05, 0) is 42.9 Å². The van der Waals surface area contributed by atoms with Crippen LogP contribution in [0.2, 0.25) is 0 Å². The van der Waals surface area contributed by atoms with Crippen molar-refractivity contribution < 1.29 is 17.9 Å². The molecule has 1 aliphatic heterocycles. The number of methoxy groups -OCH3 is 1. The highest BCUT2D eigenvalue weighted by Gasteiger charge is 2.28. The normalized spacial score (nSPS) is 15.8. The largest absolute Gasteiger partial charge is 0.495 e. The van der Waals surface area contributed by atoms with E-state index in [1.165, 1.54) is 23.5 Å². The number of amides is 1. The number of piperazine rings is 1. The van der Waals surface area contributed by atoms with Crippen molar-refractivity contribution in [3.8, 4) is 5.75 Å². The molecule has 1 aliphatic rings. The van der Waals surface area contributed by atoms with E-state index >= 15 is 0 Å². The van der Waals surface area contributed by atoms with Gasteiger partial charge in [-0.2, -0.15) is 4.31 Å². The van der Waals surface area contributed by atoms with Crippen LogP contribution in [0.15, 0.2) is 51.8 Å². The highest BCUT2D eigenvalue weighted by Crippen LogP contribution is 2.29. The summed E-state index contributed by atoms with van der Waals surface area (Å²) in [6.07, 6.45) is 0.172. The molecule has 0 bridgehead atoms. The molecule has 2 aromatic rings. The average Bonchev–Trinajstić information content (AvgIpc) is 2.70. The molecule has 0 spiro atoms. The number of ether oxygens (including phenoxy) is 1. The number of sulfonamides is 1. The molecule has 0 atom stereocenters. The minimum atomic E-state index is -3.64. The molecular formula is C20H24BrN3O4S. The van der Waals surface area contributed by atoms with Crippen molar-refractivity contribution in [2.24, 2.45) is 0 Å². The zero-order valence-electron chi connectivity index (χ0n) is 16.4. The molecule has 29 heavy (non-hydrogen) atoms. The third-order valence-electron chi connectivity index (χ3n) is 4.82. The van der Waals surface area contributed by atoms with Crippen molar-refractivity contribution >= 4 is 37.5 Å². The van der Waals surface area contributed by atoms with Gasteiger partial charge < -0.3 is 15.0 Å². The maximum atomic E-state index is 13.0. The van der Waals surface area contributed by atoms with Gasteiger partial charge in [0.05, 0.1) is 24.1 Å². The van der Waals surface area contributed by atoms with Gasteiger partial charge in [0.1, 0.15) is 5.75 Å². The van der Waals surface area contributed by atoms with Crippen molar-refractivity contribution in [2.45, 2.75) is 11.3 Å². The van der Waals surface area contributed by atoms with Gasteiger partial charge in [0.2, 0.25) is 15.9 Å². The summed E-state index contributed by atoms with van der Waals surface area (Å²) in [6, 6.07) is 12.0. The Bertz CT molecular complexity index is 972. The van der Waals surface area contributed by atoms with E-state index in [2.05, 4.69) is 26.1 Å². The summed E-state index contributed by atoms with van der Waals surface area (Å²) >= 11 is 3.37. The van der Waals surface area contributed by atoms with Crippen LogP contribution in [0.1, 0.15) is 5.56 Å². The quantitative estimate of drug-likeness (QED) is 0.685. The fourth-order valence-corrected chi connectivity index (χ4v) is 4.82. The molecule has 1 N–H and O–H groups in total. The van der Waals surface area contributed by atoms with E-state index < -0.39 is 10.0 Å². The van der Waals surface area contributed by atoms with Gasteiger partial charge >= 0.3 is 0 Å². The van der Waals surface area contributed by atoms with Crippen LogP contribution >= 0.6 is 15.9 Å². The smallest absolute Gasteiger partial charge is 0.243 e. The van der Waals surface area contributed by atoms with Crippen LogP contribution < -0.4 is 10.1 Å². The number of hydrogen-bond acceptors (Lipinski definition) is 5. The Kier molecular flexibility index (Phi) is 6.94. The third kappa shape index (κ3) is 5.36. The zero-order valence-corrected chi connectivity index (χ0v) is 18.8. The number of nitrogens with one attached hydrogen (secondary N) is 1. The number of carbonyl (C=O) groups excluding carboxylic acids is 1. The second kappa shape index (κ2) is 9.25.